The van der Waals surface area contributed by atoms with Crippen molar-refractivity contribution in [3.05, 3.63) is 99.6 Å². The fourth-order valence-electron chi connectivity index (χ4n) is 3.91. The Kier molecular flexibility index (Phi) is 10.1. The van der Waals surface area contributed by atoms with Gasteiger partial charge in [0.1, 0.15) is 5.75 Å². The normalized spacial score (nSPS) is 12.8. The van der Waals surface area contributed by atoms with Crippen molar-refractivity contribution in [2.75, 3.05) is 13.1 Å². The standard InChI is InChI=1S/C28H33ClN2O4/c1-19(31-17-27(34)23-7-10-26(33)24(16-23)18-32)13-21-3-2-4-22(14-21)15-28(35)30-12-11-20-5-8-25(29)9-6-20/h2-10,14,16,19,27,31-34H,11-13,15,17-18H2,1H3,(H,30,35)/t19-,27-/m1/s1. The van der Waals surface area contributed by atoms with E-state index in [0.717, 1.165) is 29.5 Å². The van der Waals surface area contributed by atoms with Crippen LogP contribution in [0.1, 0.15) is 40.8 Å². The average Bonchev–Trinajstić information content (AvgIpc) is 2.84. The third-order valence-corrected chi connectivity index (χ3v) is 6.12. The van der Waals surface area contributed by atoms with E-state index in [1.807, 2.05) is 55.5 Å². The smallest absolute Gasteiger partial charge is 0.224 e. The van der Waals surface area contributed by atoms with E-state index in [1.165, 1.54) is 6.07 Å². The summed E-state index contributed by atoms with van der Waals surface area (Å²) in [6.07, 6.45) is 1.06. The lowest BCUT2D eigenvalue weighted by Crippen LogP contribution is -2.32. The maximum atomic E-state index is 12.4. The molecule has 186 valence electrons. The molecule has 1 amide bonds. The van der Waals surface area contributed by atoms with E-state index < -0.39 is 6.10 Å². The van der Waals surface area contributed by atoms with Gasteiger partial charge < -0.3 is 26.0 Å². The van der Waals surface area contributed by atoms with Crippen LogP contribution >= 0.6 is 11.6 Å². The number of carbonyl (C=O) groups is 1. The number of amides is 1. The molecule has 3 rings (SSSR count). The predicted octanol–water partition coefficient (Wildman–Crippen LogP) is 3.69. The van der Waals surface area contributed by atoms with Crippen LogP contribution in [0.5, 0.6) is 5.75 Å². The van der Waals surface area contributed by atoms with Gasteiger partial charge in [0.15, 0.2) is 0 Å². The number of halogens is 1. The fourth-order valence-corrected chi connectivity index (χ4v) is 4.03. The molecular formula is C28H33ClN2O4. The molecule has 2 atom stereocenters. The van der Waals surface area contributed by atoms with Crippen LogP contribution < -0.4 is 10.6 Å². The van der Waals surface area contributed by atoms with Crippen molar-refractivity contribution in [1.29, 1.82) is 0 Å². The van der Waals surface area contributed by atoms with Crippen molar-refractivity contribution in [1.82, 2.24) is 10.6 Å². The Labute approximate surface area is 211 Å². The van der Waals surface area contributed by atoms with Gasteiger partial charge in [-0.15, -0.1) is 0 Å². The molecule has 0 aliphatic heterocycles. The monoisotopic (exact) mass is 496 g/mol. The molecule has 5 N–H and O–H groups in total. The van der Waals surface area contributed by atoms with E-state index in [4.69, 9.17) is 11.6 Å². The Hall–Kier alpha value is -2.90. The van der Waals surface area contributed by atoms with Gasteiger partial charge in [0.05, 0.1) is 19.1 Å². The molecule has 0 saturated heterocycles. The van der Waals surface area contributed by atoms with Crippen LogP contribution in [0.15, 0.2) is 66.7 Å². The molecule has 3 aromatic carbocycles. The van der Waals surface area contributed by atoms with Crippen molar-refractivity contribution >= 4 is 17.5 Å². The first-order valence-electron chi connectivity index (χ1n) is 11.8. The molecular weight excluding hydrogens is 464 g/mol. The summed E-state index contributed by atoms with van der Waals surface area (Å²) >= 11 is 5.90. The highest BCUT2D eigenvalue weighted by Gasteiger charge is 2.13. The van der Waals surface area contributed by atoms with E-state index in [2.05, 4.69) is 10.6 Å². The number of aromatic hydroxyl groups is 1. The molecule has 6 nitrogen and oxygen atoms in total. The van der Waals surface area contributed by atoms with Crippen molar-refractivity contribution in [3.63, 3.8) is 0 Å². The quantitative estimate of drug-likeness (QED) is 0.263. The number of nitrogens with one attached hydrogen (secondary N) is 2. The highest BCUT2D eigenvalue weighted by molar-refractivity contribution is 6.30. The summed E-state index contributed by atoms with van der Waals surface area (Å²) in [5.74, 6) is 0.00134. The summed E-state index contributed by atoms with van der Waals surface area (Å²) in [6.45, 7) is 2.67. The molecule has 0 bridgehead atoms. The minimum Gasteiger partial charge on any atom is -0.508 e. The second-order valence-electron chi connectivity index (χ2n) is 8.80. The lowest BCUT2D eigenvalue weighted by Gasteiger charge is -2.18. The number of rotatable bonds is 12. The molecule has 0 saturated carbocycles. The number of aliphatic hydroxyl groups excluding tert-OH is 2. The third-order valence-electron chi connectivity index (χ3n) is 5.87. The molecule has 3 aromatic rings. The molecule has 0 heterocycles. The number of benzene rings is 3. The zero-order chi connectivity index (χ0) is 25.2. The lowest BCUT2D eigenvalue weighted by molar-refractivity contribution is -0.120. The molecule has 0 spiro atoms. The van der Waals surface area contributed by atoms with Crippen LogP contribution in [-0.2, 0) is 30.7 Å². The van der Waals surface area contributed by atoms with E-state index in [0.29, 0.717) is 35.7 Å². The minimum atomic E-state index is -0.758. The molecule has 35 heavy (non-hydrogen) atoms. The third kappa shape index (κ3) is 8.67. The Morgan fingerprint density at radius 3 is 2.49 bits per heavy atom. The van der Waals surface area contributed by atoms with Gasteiger partial charge in [0.2, 0.25) is 5.91 Å². The fraction of sp³-hybridized carbons (Fsp3) is 0.321. The van der Waals surface area contributed by atoms with E-state index in [1.54, 1.807) is 12.1 Å². The first kappa shape index (κ1) is 26.7. The summed E-state index contributed by atoms with van der Waals surface area (Å²) in [7, 11) is 0. The minimum absolute atomic E-state index is 0.0124. The number of hydrogen-bond acceptors (Lipinski definition) is 5. The van der Waals surface area contributed by atoms with Crippen LogP contribution in [0.2, 0.25) is 5.02 Å². The second kappa shape index (κ2) is 13.3. The second-order valence-corrected chi connectivity index (χ2v) is 9.24. The van der Waals surface area contributed by atoms with Crippen LogP contribution in [0.4, 0.5) is 0 Å². The summed E-state index contributed by atoms with van der Waals surface area (Å²) in [6, 6.07) is 20.4. The van der Waals surface area contributed by atoms with Gasteiger partial charge in [0, 0.05) is 29.7 Å². The Morgan fingerprint density at radius 2 is 1.74 bits per heavy atom. The van der Waals surface area contributed by atoms with Gasteiger partial charge in [-0.3, -0.25) is 4.79 Å². The average molecular weight is 497 g/mol. The van der Waals surface area contributed by atoms with Crippen LogP contribution in [-0.4, -0.2) is 40.4 Å². The van der Waals surface area contributed by atoms with E-state index >= 15 is 0 Å². The summed E-state index contributed by atoms with van der Waals surface area (Å²) in [4.78, 5) is 12.4. The maximum absolute atomic E-state index is 12.4. The Bertz CT molecular complexity index is 1100. The number of hydrogen-bond donors (Lipinski definition) is 5. The Balaban J connectivity index is 1.44. The number of phenols is 1. The van der Waals surface area contributed by atoms with Crippen molar-refractivity contribution < 1.29 is 20.1 Å². The number of carbonyl (C=O) groups excluding carboxylic acids is 1. The molecule has 0 fully saturated rings. The molecule has 7 heteroatoms. The highest BCUT2D eigenvalue weighted by Crippen LogP contribution is 2.22. The van der Waals surface area contributed by atoms with Gasteiger partial charge in [-0.1, -0.05) is 54.1 Å². The zero-order valence-electron chi connectivity index (χ0n) is 19.9. The largest absolute Gasteiger partial charge is 0.508 e. The van der Waals surface area contributed by atoms with Crippen LogP contribution in [0, 0.1) is 0 Å². The van der Waals surface area contributed by atoms with Gasteiger partial charge in [0.25, 0.3) is 0 Å². The number of aliphatic hydroxyl groups is 2. The van der Waals surface area contributed by atoms with Gasteiger partial charge in [-0.25, -0.2) is 0 Å². The van der Waals surface area contributed by atoms with Crippen LogP contribution in [0.3, 0.4) is 0 Å². The molecule has 0 radical (unpaired) electrons. The maximum Gasteiger partial charge on any atom is 0.224 e. The highest BCUT2D eigenvalue weighted by atomic mass is 35.5. The van der Waals surface area contributed by atoms with Crippen LogP contribution in [0.25, 0.3) is 0 Å². The predicted molar refractivity (Wildman–Crippen MR) is 138 cm³/mol. The topological polar surface area (TPSA) is 102 Å². The molecule has 0 aromatic heterocycles. The lowest BCUT2D eigenvalue weighted by atomic mass is 10.0. The molecule has 0 unspecified atom stereocenters. The van der Waals surface area contributed by atoms with E-state index in [-0.39, 0.29) is 24.3 Å². The summed E-state index contributed by atoms with van der Waals surface area (Å²) in [5, 5.41) is 36.5. The van der Waals surface area contributed by atoms with Crippen molar-refractivity contribution in [2.24, 2.45) is 0 Å². The van der Waals surface area contributed by atoms with Gasteiger partial charge >= 0.3 is 0 Å². The Morgan fingerprint density at radius 1 is 1.00 bits per heavy atom. The van der Waals surface area contributed by atoms with Crippen molar-refractivity contribution in [2.45, 2.75) is 44.9 Å². The zero-order valence-corrected chi connectivity index (χ0v) is 20.6. The first-order valence-corrected chi connectivity index (χ1v) is 12.1. The molecule has 0 aliphatic carbocycles. The van der Waals surface area contributed by atoms with E-state index in [9.17, 15) is 20.1 Å². The SMILES string of the molecule is C[C@H](Cc1cccc(CC(=O)NCCc2ccc(Cl)cc2)c1)NC[C@@H](O)c1ccc(O)c(CO)c1. The van der Waals surface area contributed by atoms with Gasteiger partial charge in [-0.05, 0) is 66.3 Å². The van der Waals surface area contributed by atoms with Gasteiger partial charge in [-0.2, -0.15) is 0 Å². The first-order chi connectivity index (χ1) is 16.8. The summed E-state index contributed by atoms with van der Waals surface area (Å²) in [5.41, 5.74) is 4.22. The van der Waals surface area contributed by atoms with Crippen molar-refractivity contribution in [3.8, 4) is 5.75 Å². The molecule has 0 aliphatic rings. The summed E-state index contributed by atoms with van der Waals surface area (Å²) < 4.78 is 0.